The number of carbonyl (C=O) groups is 1. The van der Waals surface area contributed by atoms with Crippen LogP contribution >= 0.6 is 0 Å². The Labute approximate surface area is 169 Å². The Morgan fingerprint density at radius 1 is 1.23 bits per heavy atom. The molecule has 162 valence electrons. The van der Waals surface area contributed by atoms with Gasteiger partial charge >= 0.3 is 12.2 Å². The fourth-order valence-corrected chi connectivity index (χ4v) is 3.87. The molecule has 8 nitrogen and oxygen atoms in total. The number of likely N-dealkylation sites (tertiary alicyclic amines) is 1. The van der Waals surface area contributed by atoms with Crippen LogP contribution in [0.4, 0.5) is 19.2 Å². The molecule has 1 amide bonds. The molecule has 0 bridgehead atoms. The molecule has 11 heteroatoms. The lowest BCUT2D eigenvalue weighted by Crippen LogP contribution is -2.42. The molecular formula is C19H22F3N5O3. The molecule has 0 unspecified atom stereocenters. The standard InChI is InChI=1S/C19H22F3N5O3/c1-11(16(29)27-9-2-5-18(6-7-18)8-10-27)23-17-26-25-15(30-17)12-3-4-13(19(20,21)22)24-14(12)28/h3-4,11H,2,5-10H2,1H3,(H,23,26)(H,24,28)/t11-/m0/s1. The van der Waals surface area contributed by atoms with Crippen molar-refractivity contribution in [3.63, 3.8) is 0 Å². The fourth-order valence-electron chi connectivity index (χ4n) is 3.87. The first kappa shape index (κ1) is 20.4. The van der Waals surface area contributed by atoms with Gasteiger partial charge < -0.3 is 19.6 Å². The zero-order valence-corrected chi connectivity index (χ0v) is 16.4. The van der Waals surface area contributed by atoms with E-state index in [0.29, 0.717) is 12.0 Å². The van der Waals surface area contributed by atoms with Gasteiger partial charge in [0, 0.05) is 13.1 Å². The molecule has 1 atom stereocenters. The van der Waals surface area contributed by atoms with Gasteiger partial charge in [-0.2, -0.15) is 13.2 Å². The second-order valence-corrected chi connectivity index (χ2v) is 8.07. The van der Waals surface area contributed by atoms with Gasteiger partial charge in [0.1, 0.15) is 17.3 Å². The predicted molar refractivity (Wildman–Crippen MR) is 101 cm³/mol. The van der Waals surface area contributed by atoms with Gasteiger partial charge in [-0.3, -0.25) is 9.59 Å². The molecule has 3 heterocycles. The van der Waals surface area contributed by atoms with Crippen LogP contribution in [0.5, 0.6) is 0 Å². The van der Waals surface area contributed by atoms with E-state index in [1.807, 2.05) is 4.90 Å². The number of pyridine rings is 1. The number of alkyl halides is 3. The highest BCUT2D eigenvalue weighted by atomic mass is 19.4. The van der Waals surface area contributed by atoms with Gasteiger partial charge in [0.25, 0.3) is 11.4 Å². The van der Waals surface area contributed by atoms with Gasteiger partial charge in [0.2, 0.25) is 5.91 Å². The van der Waals surface area contributed by atoms with Crippen LogP contribution in [0.15, 0.2) is 21.3 Å². The third kappa shape index (κ3) is 4.19. The number of aromatic nitrogens is 3. The van der Waals surface area contributed by atoms with Gasteiger partial charge in [-0.15, -0.1) is 5.10 Å². The van der Waals surface area contributed by atoms with Crippen molar-refractivity contribution in [3.05, 3.63) is 28.2 Å². The maximum absolute atomic E-state index is 12.8. The van der Waals surface area contributed by atoms with Crippen molar-refractivity contribution in [1.82, 2.24) is 20.1 Å². The molecule has 1 spiro atoms. The van der Waals surface area contributed by atoms with Gasteiger partial charge in [0.05, 0.1) is 0 Å². The first-order valence-corrected chi connectivity index (χ1v) is 9.87. The van der Waals surface area contributed by atoms with Crippen LogP contribution in [-0.2, 0) is 11.0 Å². The van der Waals surface area contributed by atoms with E-state index in [0.717, 1.165) is 37.9 Å². The lowest BCUT2D eigenvalue weighted by molar-refractivity contribution is -0.141. The van der Waals surface area contributed by atoms with Crippen LogP contribution in [0.25, 0.3) is 11.5 Å². The van der Waals surface area contributed by atoms with E-state index < -0.39 is 23.5 Å². The number of hydrogen-bond donors (Lipinski definition) is 2. The number of aromatic amines is 1. The third-order valence-corrected chi connectivity index (χ3v) is 5.90. The molecule has 2 fully saturated rings. The minimum absolute atomic E-state index is 0.0835. The summed E-state index contributed by atoms with van der Waals surface area (Å²) in [5, 5.41) is 10.3. The molecular weight excluding hydrogens is 403 g/mol. The van der Waals surface area contributed by atoms with E-state index in [2.05, 4.69) is 15.5 Å². The monoisotopic (exact) mass is 425 g/mol. The number of H-pyrrole nitrogens is 1. The van der Waals surface area contributed by atoms with Crippen molar-refractivity contribution in [2.75, 3.05) is 18.4 Å². The van der Waals surface area contributed by atoms with E-state index in [9.17, 15) is 22.8 Å². The van der Waals surface area contributed by atoms with Crippen LogP contribution in [0, 0.1) is 5.41 Å². The van der Waals surface area contributed by atoms with E-state index in [4.69, 9.17) is 4.42 Å². The average molecular weight is 425 g/mol. The number of anilines is 1. The first-order valence-electron chi connectivity index (χ1n) is 9.87. The highest BCUT2D eigenvalue weighted by Gasteiger charge is 2.43. The van der Waals surface area contributed by atoms with Gasteiger partial charge in [0.15, 0.2) is 0 Å². The maximum atomic E-state index is 12.8. The van der Waals surface area contributed by atoms with Gasteiger partial charge in [-0.25, -0.2) is 0 Å². The van der Waals surface area contributed by atoms with Crippen molar-refractivity contribution in [2.24, 2.45) is 5.41 Å². The number of hydrogen-bond acceptors (Lipinski definition) is 6. The lowest BCUT2D eigenvalue weighted by atomic mass is 9.98. The number of carbonyl (C=O) groups excluding carboxylic acids is 1. The normalized spacial score (nSPS) is 19.4. The Morgan fingerprint density at radius 3 is 2.67 bits per heavy atom. The molecule has 2 aromatic rings. The number of nitrogens with zero attached hydrogens (tertiary/aromatic N) is 3. The minimum Gasteiger partial charge on any atom is -0.403 e. The molecule has 1 saturated heterocycles. The van der Waals surface area contributed by atoms with E-state index in [1.54, 1.807) is 11.9 Å². The summed E-state index contributed by atoms with van der Waals surface area (Å²) in [7, 11) is 0. The summed E-state index contributed by atoms with van der Waals surface area (Å²) < 4.78 is 43.4. The Kier molecular flexibility index (Phi) is 5.07. The second kappa shape index (κ2) is 7.44. The number of amides is 1. The zero-order valence-electron chi connectivity index (χ0n) is 16.4. The molecule has 2 aliphatic rings. The summed E-state index contributed by atoms with van der Waals surface area (Å²) in [4.78, 5) is 28.3. The van der Waals surface area contributed by atoms with E-state index in [-0.39, 0.29) is 23.4 Å². The number of halogens is 3. The Bertz CT molecular complexity index is 996. The third-order valence-electron chi connectivity index (χ3n) is 5.90. The summed E-state index contributed by atoms with van der Waals surface area (Å²) in [6, 6.07) is 0.987. The summed E-state index contributed by atoms with van der Waals surface area (Å²) in [6.45, 7) is 3.11. The quantitative estimate of drug-likeness (QED) is 0.780. The average Bonchev–Trinajstić information content (AvgIpc) is 3.37. The fraction of sp³-hybridized carbons (Fsp3) is 0.579. The zero-order chi connectivity index (χ0) is 21.5. The topological polar surface area (TPSA) is 104 Å². The highest BCUT2D eigenvalue weighted by molar-refractivity contribution is 5.83. The molecule has 1 aliphatic heterocycles. The van der Waals surface area contributed by atoms with Crippen molar-refractivity contribution < 1.29 is 22.4 Å². The van der Waals surface area contributed by atoms with Crippen molar-refractivity contribution in [2.45, 2.75) is 51.2 Å². The van der Waals surface area contributed by atoms with Crippen molar-refractivity contribution in [3.8, 4) is 11.5 Å². The molecule has 2 aromatic heterocycles. The lowest BCUT2D eigenvalue weighted by Gasteiger charge is -2.24. The van der Waals surface area contributed by atoms with Crippen LogP contribution < -0.4 is 10.9 Å². The van der Waals surface area contributed by atoms with Crippen LogP contribution in [0.3, 0.4) is 0 Å². The SMILES string of the molecule is C[C@H](Nc1nnc(-c2ccc(C(F)(F)F)[nH]c2=O)o1)C(=O)N1CCCC2(CC1)CC2. The molecule has 2 N–H and O–H groups in total. The van der Waals surface area contributed by atoms with Crippen LogP contribution in [0.1, 0.15) is 44.7 Å². The highest BCUT2D eigenvalue weighted by Crippen LogP contribution is 2.53. The molecule has 0 aromatic carbocycles. The largest absolute Gasteiger partial charge is 0.431 e. The van der Waals surface area contributed by atoms with Gasteiger partial charge in [-0.1, -0.05) is 5.10 Å². The molecule has 4 rings (SSSR count). The Hall–Kier alpha value is -2.85. The van der Waals surface area contributed by atoms with E-state index >= 15 is 0 Å². The van der Waals surface area contributed by atoms with Gasteiger partial charge in [-0.05, 0) is 56.6 Å². The van der Waals surface area contributed by atoms with Crippen LogP contribution in [-0.4, -0.2) is 45.1 Å². The first-order chi connectivity index (χ1) is 14.2. The molecule has 1 saturated carbocycles. The minimum atomic E-state index is -4.67. The molecule has 1 aliphatic carbocycles. The smallest absolute Gasteiger partial charge is 0.403 e. The maximum Gasteiger partial charge on any atom is 0.431 e. The molecule has 0 radical (unpaired) electrons. The van der Waals surface area contributed by atoms with Crippen LogP contribution in [0.2, 0.25) is 0 Å². The molecule has 30 heavy (non-hydrogen) atoms. The Balaban J connectivity index is 1.41. The second-order valence-electron chi connectivity index (χ2n) is 8.07. The summed E-state index contributed by atoms with van der Waals surface area (Å²) >= 11 is 0. The summed E-state index contributed by atoms with van der Waals surface area (Å²) in [6.07, 6.45) is 0.995. The van der Waals surface area contributed by atoms with E-state index in [1.165, 1.54) is 12.8 Å². The predicted octanol–water partition coefficient (Wildman–Crippen LogP) is 3.04. The number of rotatable bonds is 4. The summed E-state index contributed by atoms with van der Waals surface area (Å²) in [5.74, 6) is -0.322. The van der Waals surface area contributed by atoms with Crippen molar-refractivity contribution >= 4 is 11.9 Å². The van der Waals surface area contributed by atoms with Crippen molar-refractivity contribution in [1.29, 1.82) is 0 Å². The summed E-state index contributed by atoms with van der Waals surface area (Å²) in [5.41, 5.74) is -1.91. The Morgan fingerprint density at radius 2 is 2.00 bits per heavy atom. The number of nitrogens with one attached hydrogen (secondary N) is 2.